The maximum atomic E-state index is 12.9. The molecule has 16 heavy (non-hydrogen) atoms. The van der Waals surface area contributed by atoms with Crippen LogP contribution in [0.1, 0.15) is 10.4 Å². The fourth-order valence-corrected chi connectivity index (χ4v) is 2.11. The predicted octanol–water partition coefficient (Wildman–Crippen LogP) is 3.18. The van der Waals surface area contributed by atoms with Crippen LogP contribution in [-0.2, 0) is 0 Å². The highest BCUT2D eigenvalue weighted by Crippen LogP contribution is 2.27. The Hall–Kier alpha value is -1.68. The molecule has 2 rings (SSSR count). The number of carbonyl (C=O) groups excluding carboxylic acids is 1. The third kappa shape index (κ3) is 2.46. The molecule has 0 bridgehead atoms. The van der Waals surface area contributed by atoms with Gasteiger partial charge in [-0.3, -0.25) is 4.79 Å². The average Bonchev–Trinajstić information content (AvgIpc) is 2.30. The van der Waals surface area contributed by atoms with Gasteiger partial charge in [0.05, 0.1) is 0 Å². The van der Waals surface area contributed by atoms with Gasteiger partial charge in [0.1, 0.15) is 10.8 Å². The van der Waals surface area contributed by atoms with Gasteiger partial charge >= 0.3 is 0 Å². The van der Waals surface area contributed by atoms with E-state index in [0.717, 1.165) is 11.2 Å². The van der Waals surface area contributed by atoms with Crippen molar-refractivity contribution in [2.45, 2.75) is 9.92 Å². The average molecular weight is 233 g/mol. The first-order valence-electron chi connectivity index (χ1n) is 4.63. The molecule has 0 atom stereocenters. The Bertz CT molecular complexity index is 516. The molecule has 1 aromatic heterocycles. The van der Waals surface area contributed by atoms with Crippen molar-refractivity contribution in [2.24, 2.45) is 0 Å². The van der Waals surface area contributed by atoms with Gasteiger partial charge in [-0.05, 0) is 30.3 Å². The molecule has 0 fully saturated rings. The van der Waals surface area contributed by atoms with E-state index in [9.17, 15) is 9.18 Å². The molecule has 0 aliphatic rings. The van der Waals surface area contributed by atoms with E-state index in [1.165, 1.54) is 23.9 Å². The Morgan fingerprint density at radius 2 is 2.12 bits per heavy atom. The minimum atomic E-state index is -0.298. The molecule has 1 aromatic carbocycles. The zero-order chi connectivity index (χ0) is 11.4. The second-order valence-electron chi connectivity index (χ2n) is 3.08. The molecule has 0 saturated heterocycles. The van der Waals surface area contributed by atoms with Crippen LogP contribution in [0.2, 0.25) is 0 Å². The number of hydrogen-bond donors (Lipinski definition) is 0. The Balaban J connectivity index is 2.30. The molecule has 80 valence electrons. The van der Waals surface area contributed by atoms with E-state index < -0.39 is 0 Å². The van der Waals surface area contributed by atoms with Gasteiger partial charge in [-0.15, -0.1) is 0 Å². The molecule has 0 aliphatic carbocycles. The van der Waals surface area contributed by atoms with Crippen LogP contribution in [-0.4, -0.2) is 11.3 Å². The lowest BCUT2D eigenvalue weighted by Gasteiger charge is -2.02. The second-order valence-corrected chi connectivity index (χ2v) is 4.14. The smallest absolute Gasteiger partial charge is 0.152 e. The lowest BCUT2D eigenvalue weighted by Crippen LogP contribution is -1.88. The van der Waals surface area contributed by atoms with Crippen molar-refractivity contribution >= 4 is 18.0 Å². The number of benzene rings is 1. The highest BCUT2D eigenvalue weighted by Gasteiger charge is 2.04. The summed E-state index contributed by atoms with van der Waals surface area (Å²) in [5.41, 5.74) is 0.511. The Morgan fingerprint density at radius 1 is 1.25 bits per heavy atom. The summed E-state index contributed by atoms with van der Waals surface area (Å²) < 4.78 is 12.9. The van der Waals surface area contributed by atoms with Crippen molar-refractivity contribution in [1.29, 1.82) is 0 Å². The molecule has 0 saturated carbocycles. The molecular formula is C12H8FNOS. The molecule has 0 unspecified atom stereocenters. The third-order valence-electron chi connectivity index (χ3n) is 1.94. The van der Waals surface area contributed by atoms with Gasteiger partial charge in [0, 0.05) is 16.7 Å². The summed E-state index contributed by atoms with van der Waals surface area (Å²) in [5.74, 6) is -0.298. The van der Waals surface area contributed by atoms with E-state index in [1.807, 2.05) is 0 Å². The van der Waals surface area contributed by atoms with Crippen molar-refractivity contribution < 1.29 is 9.18 Å². The number of halogens is 1. The molecule has 2 nitrogen and oxygen atoms in total. The number of aromatic nitrogens is 1. The fourth-order valence-electron chi connectivity index (χ4n) is 1.22. The zero-order valence-electron chi connectivity index (χ0n) is 8.26. The number of pyridine rings is 1. The summed E-state index contributed by atoms with van der Waals surface area (Å²) in [4.78, 5) is 15.6. The van der Waals surface area contributed by atoms with E-state index >= 15 is 0 Å². The van der Waals surface area contributed by atoms with Crippen molar-refractivity contribution in [3.8, 4) is 0 Å². The van der Waals surface area contributed by atoms with E-state index in [1.54, 1.807) is 30.5 Å². The van der Waals surface area contributed by atoms with Gasteiger partial charge in [-0.2, -0.15) is 0 Å². The first-order chi connectivity index (χ1) is 7.79. The number of carbonyl (C=O) groups is 1. The maximum Gasteiger partial charge on any atom is 0.152 e. The van der Waals surface area contributed by atoms with Crippen LogP contribution in [0.4, 0.5) is 4.39 Å². The van der Waals surface area contributed by atoms with Gasteiger partial charge in [-0.25, -0.2) is 9.37 Å². The van der Waals surface area contributed by atoms with E-state index in [0.29, 0.717) is 10.6 Å². The minimum Gasteiger partial charge on any atom is -0.298 e. The summed E-state index contributed by atoms with van der Waals surface area (Å²) in [7, 11) is 0. The molecule has 1 heterocycles. The van der Waals surface area contributed by atoms with Crippen LogP contribution in [0.5, 0.6) is 0 Å². The highest BCUT2D eigenvalue weighted by atomic mass is 32.2. The summed E-state index contributed by atoms with van der Waals surface area (Å²) in [6, 6.07) is 9.57. The fraction of sp³-hybridized carbons (Fsp3) is 0. The summed E-state index contributed by atoms with van der Waals surface area (Å²) >= 11 is 1.27. The third-order valence-corrected chi connectivity index (χ3v) is 2.96. The lowest BCUT2D eigenvalue weighted by molar-refractivity contribution is 0.112. The predicted molar refractivity (Wildman–Crippen MR) is 60.1 cm³/mol. The number of hydrogen-bond acceptors (Lipinski definition) is 3. The van der Waals surface area contributed by atoms with Crippen LogP contribution in [0, 0.1) is 5.82 Å². The van der Waals surface area contributed by atoms with Gasteiger partial charge in [0.2, 0.25) is 0 Å². The second kappa shape index (κ2) is 4.90. The first-order valence-corrected chi connectivity index (χ1v) is 5.45. The first kappa shape index (κ1) is 10.8. The monoisotopic (exact) mass is 233 g/mol. The van der Waals surface area contributed by atoms with Gasteiger partial charge in [0.15, 0.2) is 6.29 Å². The highest BCUT2D eigenvalue weighted by molar-refractivity contribution is 7.99. The van der Waals surface area contributed by atoms with E-state index in [4.69, 9.17) is 0 Å². The van der Waals surface area contributed by atoms with E-state index in [2.05, 4.69) is 4.98 Å². The Kier molecular flexibility index (Phi) is 3.31. The molecule has 0 radical (unpaired) electrons. The maximum absolute atomic E-state index is 12.9. The molecule has 0 aliphatic heterocycles. The van der Waals surface area contributed by atoms with Crippen LogP contribution in [0.3, 0.4) is 0 Å². The molecule has 0 N–H and O–H groups in total. The standard InChI is InChI=1S/C12H8FNOS/c13-10-4-1-5-11(7-10)16-12-9(8-15)3-2-6-14-12/h1-8H. The SMILES string of the molecule is O=Cc1cccnc1Sc1cccc(F)c1. The Morgan fingerprint density at radius 3 is 2.88 bits per heavy atom. The van der Waals surface area contributed by atoms with Crippen molar-refractivity contribution in [2.75, 3.05) is 0 Å². The zero-order valence-corrected chi connectivity index (χ0v) is 9.08. The van der Waals surface area contributed by atoms with Gasteiger partial charge in [-0.1, -0.05) is 17.8 Å². The number of aldehydes is 1. The van der Waals surface area contributed by atoms with Crippen molar-refractivity contribution in [1.82, 2.24) is 4.98 Å². The van der Waals surface area contributed by atoms with Gasteiger partial charge in [0.25, 0.3) is 0 Å². The van der Waals surface area contributed by atoms with Crippen molar-refractivity contribution in [3.63, 3.8) is 0 Å². The quantitative estimate of drug-likeness (QED) is 0.763. The molecule has 0 spiro atoms. The largest absolute Gasteiger partial charge is 0.298 e. The molecule has 4 heteroatoms. The van der Waals surface area contributed by atoms with Crippen LogP contribution in [0.25, 0.3) is 0 Å². The molecular weight excluding hydrogens is 225 g/mol. The van der Waals surface area contributed by atoms with Gasteiger partial charge < -0.3 is 0 Å². The van der Waals surface area contributed by atoms with Crippen molar-refractivity contribution in [3.05, 3.63) is 54.0 Å². The number of nitrogens with zero attached hydrogens (tertiary/aromatic N) is 1. The molecule has 2 aromatic rings. The van der Waals surface area contributed by atoms with Crippen LogP contribution >= 0.6 is 11.8 Å². The van der Waals surface area contributed by atoms with E-state index in [-0.39, 0.29) is 5.82 Å². The normalized spacial score (nSPS) is 10.1. The minimum absolute atomic E-state index is 0.298. The summed E-state index contributed by atoms with van der Waals surface area (Å²) in [6.45, 7) is 0. The summed E-state index contributed by atoms with van der Waals surface area (Å²) in [6.07, 6.45) is 2.35. The topological polar surface area (TPSA) is 30.0 Å². The van der Waals surface area contributed by atoms with Crippen LogP contribution in [0.15, 0.2) is 52.5 Å². The molecule has 0 amide bonds. The number of rotatable bonds is 3. The lowest BCUT2D eigenvalue weighted by atomic mass is 10.3. The van der Waals surface area contributed by atoms with Crippen LogP contribution < -0.4 is 0 Å². The summed E-state index contributed by atoms with van der Waals surface area (Å²) in [5, 5.41) is 0.586. The Labute approximate surface area is 96.5 Å².